The average molecular weight is 373 g/mol. The lowest BCUT2D eigenvalue weighted by molar-refractivity contribution is -0.144. The highest BCUT2D eigenvalue weighted by atomic mass is 16.5. The molecule has 1 heterocycles. The Labute approximate surface area is 159 Å². The minimum absolute atomic E-state index is 0.114. The maximum atomic E-state index is 12.5. The van der Waals surface area contributed by atoms with Crippen molar-refractivity contribution in [2.24, 2.45) is 5.92 Å². The average Bonchev–Trinajstić information content (AvgIpc) is 3.32. The molecule has 2 amide bonds. The van der Waals surface area contributed by atoms with E-state index in [2.05, 4.69) is 5.32 Å². The fourth-order valence-electron chi connectivity index (χ4n) is 3.32. The van der Waals surface area contributed by atoms with Crippen LogP contribution in [-0.2, 0) is 19.1 Å². The van der Waals surface area contributed by atoms with Crippen LogP contribution in [0.2, 0.25) is 0 Å². The highest BCUT2D eigenvalue weighted by molar-refractivity contribution is 5.97. The van der Waals surface area contributed by atoms with E-state index >= 15 is 0 Å². The van der Waals surface area contributed by atoms with Crippen molar-refractivity contribution in [2.45, 2.75) is 32.6 Å². The molecular weight excluding hydrogens is 346 g/mol. The molecule has 7 nitrogen and oxygen atoms in total. The summed E-state index contributed by atoms with van der Waals surface area (Å²) in [7, 11) is 0. The lowest BCUT2D eigenvalue weighted by Crippen LogP contribution is -2.38. The lowest BCUT2D eigenvalue weighted by Gasteiger charge is -2.21. The summed E-state index contributed by atoms with van der Waals surface area (Å²) in [6.45, 7) is 3.82. The Morgan fingerprint density at radius 1 is 1.30 bits per heavy atom. The maximum Gasteiger partial charge on any atom is 0.320 e. The Bertz CT molecular complexity index is 702. The second-order valence-electron chi connectivity index (χ2n) is 7.17. The van der Waals surface area contributed by atoms with Gasteiger partial charge in [-0.2, -0.15) is 0 Å². The monoisotopic (exact) mass is 373 g/mol. The zero-order chi connectivity index (χ0) is 19.2. The molecule has 0 aromatic heterocycles. The number of amides is 2. The van der Waals surface area contributed by atoms with E-state index in [0.717, 1.165) is 31.5 Å². The zero-order valence-electron chi connectivity index (χ0n) is 15.8. The van der Waals surface area contributed by atoms with E-state index in [-0.39, 0.29) is 30.9 Å². The van der Waals surface area contributed by atoms with Crippen LogP contribution in [0, 0.1) is 5.92 Å². The molecule has 146 valence electrons. The summed E-state index contributed by atoms with van der Waals surface area (Å²) in [6.07, 6.45) is 3.72. The molecule has 1 N–H and O–H groups in total. The number of anilines is 2. The highest BCUT2D eigenvalue weighted by Gasteiger charge is 2.27. The molecule has 0 spiro atoms. The van der Waals surface area contributed by atoms with Crippen LogP contribution in [0.5, 0.6) is 0 Å². The van der Waals surface area contributed by atoms with E-state index in [1.807, 2.05) is 23.1 Å². The molecule has 0 unspecified atom stereocenters. The van der Waals surface area contributed by atoms with Crippen molar-refractivity contribution < 1.29 is 19.1 Å². The Balaban J connectivity index is 1.58. The first-order valence-corrected chi connectivity index (χ1v) is 9.63. The van der Waals surface area contributed by atoms with Crippen molar-refractivity contribution in [2.75, 3.05) is 43.0 Å². The molecule has 1 aromatic rings. The van der Waals surface area contributed by atoms with Crippen molar-refractivity contribution in [3.63, 3.8) is 0 Å². The molecule has 3 rings (SSSR count). The number of carbonyl (C=O) groups excluding carboxylic acids is 3. The van der Waals surface area contributed by atoms with Crippen molar-refractivity contribution in [3.8, 4) is 0 Å². The van der Waals surface area contributed by atoms with Gasteiger partial charge in [-0.1, -0.05) is 6.07 Å². The van der Waals surface area contributed by atoms with Gasteiger partial charge >= 0.3 is 5.97 Å². The van der Waals surface area contributed by atoms with E-state index in [1.165, 1.54) is 0 Å². The van der Waals surface area contributed by atoms with E-state index < -0.39 is 0 Å². The van der Waals surface area contributed by atoms with Gasteiger partial charge in [0.2, 0.25) is 11.8 Å². The predicted octanol–water partition coefficient (Wildman–Crippen LogP) is 2.03. The van der Waals surface area contributed by atoms with Gasteiger partial charge < -0.3 is 15.0 Å². The Morgan fingerprint density at radius 3 is 2.78 bits per heavy atom. The van der Waals surface area contributed by atoms with Gasteiger partial charge in [0.25, 0.3) is 0 Å². The number of rotatable bonds is 9. The Kier molecular flexibility index (Phi) is 6.45. The maximum absolute atomic E-state index is 12.5. The number of nitrogens with one attached hydrogen (secondary N) is 1. The summed E-state index contributed by atoms with van der Waals surface area (Å²) in [5, 5.41) is 2.88. The number of ether oxygens (including phenoxy) is 1. The molecule has 27 heavy (non-hydrogen) atoms. The van der Waals surface area contributed by atoms with Crippen LogP contribution in [-0.4, -0.2) is 55.5 Å². The van der Waals surface area contributed by atoms with Gasteiger partial charge in [0.1, 0.15) is 0 Å². The standard InChI is InChI=1S/C20H27N3O4/c1-2-27-20(26)14-22(12-15-8-9-15)13-18(24)21-16-5-3-6-17(11-16)23-10-4-7-19(23)25/h3,5-6,11,15H,2,4,7-10,12-14H2,1H3,(H,21,24). The summed E-state index contributed by atoms with van der Waals surface area (Å²) in [5.74, 6) is 0.200. The van der Waals surface area contributed by atoms with Crippen LogP contribution in [0.25, 0.3) is 0 Å². The van der Waals surface area contributed by atoms with Crippen LogP contribution in [0.15, 0.2) is 24.3 Å². The molecule has 0 atom stereocenters. The summed E-state index contributed by atoms with van der Waals surface area (Å²) >= 11 is 0. The number of benzene rings is 1. The van der Waals surface area contributed by atoms with Crippen molar-refractivity contribution in [3.05, 3.63) is 24.3 Å². The third-order valence-corrected chi connectivity index (χ3v) is 4.75. The van der Waals surface area contributed by atoms with Crippen LogP contribution >= 0.6 is 0 Å². The van der Waals surface area contributed by atoms with Gasteiger partial charge in [-0.25, -0.2) is 0 Å². The van der Waals surface area contributed by atoms with Crippen molar-refractivity contribution >= 4 is 29.2 Å². The van der Waals surface area contributed by atoms with Crippen LogP contribution in [0.3, 0.4) is 0 Å². The first-order valence-electron chi connectivity index (χ1n) is 9.63. The van der Waals surface area contributed by atoms with Gasteiger partial charge in [-0.15, -0.1) is 0 Å². The van der Waals surface area contributed by atoms with E-state index in [4.69, 9.17) is 4.74 Å². The molecule has 2 aliphatic rings. The van der Waals surface area contributed by atoms with Crippen molar-refractivity contribution in [1.82, 2.24) is 4.90 Å². The quantitative estimate of drug-likeness (QED) is 0.670. The van der Waals surface area contributed by atoms with Crippen molar-refractivity contribution in [1.29, 1.82) is 0 Å². The summed E-state index contributed by atoms with van der Waals surface area (Å²) in [5.41, 5.74) is 1.45. The molecular formula is C20H27N3O4. The second-order valence-corrected chi connectivity index (χ2v) is 7.17. The Morgan fingerprint density at radius 2 is 2.11 bits per heavy atom. The smallest absolute Gasteiger partial charge is 0.320 e. The Hall–Kier alpha value is -2.41. The minimum atomic E-state index is -0.305. The molecule has 7 heteroatoms. The van der Waals surface area contributed by atoms with Crippen LogP contribution in [0.4, 0.5) is 11.4 Å². The molecule has 0 bridgehead atoms. The van der Waals surface area contributed by atoms with Gasteiger partial charge in [-0.3, -0.25) is 19.3 Å². The number of hydrogen-bond acceptors (Lipinski definition) is 5. The molecule has 1 saturated carbocycles. The van der Waals surface area contributed by atoms with E-state index in [9.17, 15) is 14.4 Å². The van der Waals surface area contributed by atoms with E-state index in [1.54, 1.807) is 17.9 Å². The van der Waals surface area contributed by atoms with Gasteiger partial charge in [0.15, 0.2) is 0 Å². The third-order valence-electron chi connectivity index (χ3n) is 4.75. The first-order chi connectivity index (χ1) is 13.0. The highest BCUT2D eigenvalue weighted by Crippen LogP contribution is 2.29. The molecule has 1 aliphatic carbocycles. The SMILES string of the molecule is CCOC(=O)CN(CC(=O)Nc1cccc(N2CCCC2=O)c1)CC1CC1. The predicted molar refractivity (Wildman–Crippen MR) is 102 cm³/mol. The molecule has 1 saturated heterocycles. The number of esters is 1. The fraction of sp³-hybridized carbons (Fsp3) is 0.550. The van der Waals surface area contributed by atoms with Gasteiger partial charge in [-0.05, 0) is 50.3 Å². The normalized spacial score (nSPS) is 16.7. The van der Waals surface area contributed by atoms with E-state index in [0.29, 0.717) is 31.2 Å². The zero-order valence-corrected chi connectivity index (χ0v) is 15.8. The number of carbonyl (C=O) groups is 3. The minimum Gasteiger partial charge on any atom is -0.465 e. The van der Waals surface area contributed by atoms with Gasteiger partial charge in [0, 0.05) is 30.9 Å². The van der Waals surface area contributed by atoms with Crippen LogP contribution < -0.4 is 10.2 Å². The number of nitrogens with zero attached hydrogens (tertiary/aromatic N) is 2. The van der Waals surface area contributed by atoms with Gasteiger partial charge in [0.05, 0.1) is 19.7 Å². The number of hydrogen-bond donors (Lipinski definition) is 1. The molecule has 1 aliphatic heterocycles. The summed E-state index contributed by atoms with van der Waals surface area (Å²) in [6, 6.07) is 7.33. The largest absolute Gasteiger partial charge is 0.465 e. The molecule has 0 radical (unpaired) electrons. The third kappa shape index (κ3) is 5.79. The summed E-state index contributed by atoms with van der Waals surface area (Å²) < 4.78 is 5.01. The lowest BCUT2D eigenvalue weighted by atomic mass is 10.2. The molecule has 1 aromatic carbocycles. The second kappa shape index (κ2) is 8.99. The molecule has 2 fully saturated rings. The summed E-state index contributed by atoms with van der Waals surface area (Å²) in [4.78, 5) is 39.8. The fourth-order valence-corrected chi connectivity index (χ4v) is 3.32. The first kappa shape index (κ1) is 19.4. The van der Waals surface area contributed by atoms with Crippen LogP contribution in [0.1, 0.15) is 32.6 Å². The topological polar surface area (TPSA) is 79.0 Å².